The van der Waals surface area contributed by atoms with E-state index in [9.17, 15) is 0 Å². The molecule has 2 aromatic heterocycles. The van der Waals surface area contributed by atoms with Crippen LogP contribution in [0, 0.1) is 6.92 Å². The van der Waals surface area contributed by atoms with Gasteiger partial charge < -0.3 is 0 Å². The fourth-order valence-electron chi connectivity index (χ4n) is 1.29. The minimum Gasteiger partial charge on any atom is -0.263 e. The molecule has 72 valence electrons. The highest BCUT2D eigenvalue weighted by molar-refractivity contribution is 5.05. The summed E-state index contributed by atoms with van der Waals surface area (Å²) < 4.78 is 0. The van der Waals surface area contributed by atoms with Gasteiger partial charge in [0, 0.05) is 18.3 Å². The second-order valence-corrected chi connectivity index (χ2v) is 3.16. The van der Waals surface area contributed by atoms with Crippen molar-refractivity contribution in [1.29, 1.82) is 0 Å². The molecular weight excluding hydrogens is 176 g/mol. The zero-order chi connectivity index (χ0) is 9.80. The normalized spacial score (nSPS) is 10.4. The van der Waals surface area contributed by atoms with Crippen molar-refractivity contribution in [3.8, 4) is 0 Å². The minimum absolute atomic E-state index is 0.835. The maximum absolute atomic E-state index is 4.23. The smallest absolute Gasteiger partial charge is 0.151 e. The molecule has 0 bridgehead atoms. The van der Waals surface area contributed by atoms with Crippen molar-refractivity contribution in [2.45, 2.75) is 19.8 Å². The molecule has 0 atom stereocenters. The highest BCUT2D eigenvalue weighted by Crippen LogP contribution is 2.00. The number of pyridine rings is 1. The number of aromatic amines is 1. The Balaban J connectivity index is 1.95. The van der Waals surface area contributed by atoms with Crippen molar-refractivity contribution in [1.82, 2.24) is 20.2 Å². The van der Waals surface area contributed by atoms with Gasteiger partial charge in [0.15, 0.2) is 5.82 Å². The van der Waals surface area contributed by atoms with Crippen molar-refractivity contribution in [3.05, 3.63) is 41.7 Å². The van der Waals surface area contributed by atoms with E-state index in [2.05, 4.69) is 20.2 Å². The summed E-state index contributed by atoms with van der Waals surface area (Å²) in [5.74, 6) is 1.72. The first-order valence-electron chi connectivity index (χ1n) is 4.62. The van der Waals surface area contributed by atoms with Gasteiger partial charge in [0.25, 0.3) is 0 Å². The van der Waals surface area contributed by atoms with Gasteiger partial charge in [-0.15, -0.1) is 0 Å². The van der Waals surface area contributed by atoms with Crippen LogP contribution in [0.1, 0.15) is 17.3 Å². The van der Waals surface area contributed by atoms with Crippen molar-refractivity contribution in [3.63, 3.8) is 0 Å². The van der Waals surface area contributed by atoms with Crippen LogP contribution in [0.5, 0.6) is 0 Å². The van der Waals surface area contributed by atoms with Crippen molar-refractivity contribution < 1.29 is 0 Å². The average Bonchev–Trinajstić information content (AvgIpc) is 2.63. The Kier molecular flexibility index (Phi) is 2.53. The first-order chi connectivity index (χ1) is 6.84. The van der Waals surface area contributed by atoms with Gasteiger partial charge in [0.1, 0.15) is 5.82 Å². The van der Waals surface area contributed by atoms with E-state index in [0.717, 1.165) is 30.2 Å². The van der Waals surface area contributed by atoms with Crippen molar-refractivity contribution in [2.75, 3.05) is 0 Å². The van der Waals surface area contributed by atoms with Crippen molar-refractivity contribution >= 4 is 0 Å². The van der Waals surface area contributed by atoms with E-state index in [-0.39, 0.29) is 0 Å². The van der Waals surface area contributed by atoms with Gasteiger partial charge in [-0.1, -0.05) is 6.07 Å². The molecule has 2 heterocycles. The number of hydrogen-bond donors (Lipinski definition) is 1. The number of rotatable bonds is 3. The molecule has 0 fully saturated rings. The van der Waals surface area contributed by atoms with Gasteiger partial charge in [-0.05, 0) is 25.5 Å². The topological polar surface area (TPSA) is 54.5 Å². The maximum Gasteiger partial charge on any atom is 0.151 e. The molecule has 0 aliphatic heterocycles. The predicted octanol–water partition coefficient (Wildman–Crippen LogP) is 1.29. The van der Waals surface area contributed by atoms with Gasteiger partial charge >= 0.3 is 0 Å². The number of aromatic nitrogens is 4. The van der Waals surface area contributed by atoms with Gasteiger partial charge in [-0.25, -0.2) is 4.98 Å². The quantitative estimate of drug-likeness (QED) is 0.789. The first-order valence-corrected chi connectivity index (χ1v) is 4.62. The van der Waals surface area contributed by atoms with Crippen LogP contribution in [0.2, 0.25) is 0 Å². The third kappa shape index (κ3) is 2.16. The summed E-state index contributed by atoms with van der Waals surface area (Å²) in [5.41, 5.74) is 1.08. The van der Waals surface area contributed by atoms with Crippen LogP contribution in [0.15, 0.2) is 24.4 Å². The number of nitrogens with one attached hydrogen (secondary N) is 1. The zero-order valence-corrected chi connectivity index (χ0v) is 8.07. The maximum atomic E-state index is 4.23. The van der Waals surface area contributed by atoms with E-state index in [1.54, 1.807) is 6.20 Å². The number of nitrogens with zero attached hydrogens (tertiary/aromatic N) is 3. The third-order valence-corrected chi connectivity index (χ3v) is 1.97. The Morgan fingerprint density at radius 3 is 2.86 bits per heavy atom. The summed E-state index contributed by atoms with van der Waals surface area (Å²) in [6, 6.07) is 5.92. The van der Waals surface area contributed by atoms with E-state index < -0.39 is 0 Å². The summed E-state index contributed by atoms with van der Waals surface area (Å²) in [4.78, 5) is 8.47. The molecule has 0 aliphatic carbocycles. The Morgan fingerprint density at radius 1 is 1.29 bits per heavy atom. The molecule has 0 aromatic carbocycles. The average molecular weight is 188 g/mol. The van der Waals surface area contributed by atoms with Crippen LogP contribution in [0.4, 0.5) is 0 Å². The molecule has 0 aliphatic rings. The lowest BCUT2D eigenvalue weighted by molar-refractivity contribution is 0.842. The Bertz CT molecular complexity index is 394. The molecule has 14 heavy (non-hydrogen) atoms. The molecule has 2 aromatic rings. The fraction of sp³-hybridized carbons (Fsp3) is 0.300. The highest BCUT2D eigenvalue weighted by Gasteiger charge is 2.00. The Morgan fingerprint density at radius 2 is 2.21 bits per heavy atom. The summed E-state index contributed by atoms with van der Waals surface area (Å²) in [5, 5.41) is 6.89. The van der Waals surface area contributed by atoms with Crippen molar-refractivity contribution in [2.24, 2.45) is 0 Å². The molecule has 0 spiro atoms. The Labute approximate surface area is 82.4 Å². The van der Waals surface area contributed by atoms with Crippen LogP contribution in [0.3, 0.4) is 0 Å². The number of hydrogen-bond acceptors (Lipinski definition) is 3. The predicted molar refractivity (Wildman–Crippen MR) is 52.8 cm³/mol. The van der Waals surface area contributed by atoms with Gasteiger partial charge in [0.05, 0.1) is 0 Å². The minimum atomic E-state index is 0.835. The molecule has 4 nitrogen and oxygen atoms in total. The molecule has 0 unspecified atom stereocenters. The number of H-pyrrole nitrogens is 1. The SMILES string of the molecule is Cc1nc(CCc2ccccn2)n[nH]1. The lowest BCUT2D eigenvalue weighted by Crippen LogP contribution is -1.95. The van der Waals surface area contributed by atoms with Crippen LogP contribution in [0.25, 0.3) is 0 Å². The lowest BCUT2D eigenvalue weighted by Gasteiger charge is -1.95. The first kappa shape index (κ1) is 8.87. The lowest BCUT2D eigenvalue weighted by atomic mass is 10.2. The van der Waals surface area contributed by atoms with E-state index >= 15 is 0 Å². The van der Waals surface area contributed by atoms with Gasteiger partial charge in [-0.2, -0.15) is 5.10 Å². The molecule has 4 heteroatoms. The summed E-state index contributed by atoms with van der Waals surface area (Å²) >= 11 is 0. The third-order valence-electron chi connectivity index (χ3n) is 1.97. The largest absolute Gasteiger partial charge is 0.263 e. The molecule has 1 N–H and O–H groups in total. The zero-order valence-electron chi connectivity index (χ0n) is 8.07. The summed E-state index contributed by atoms with van der Waals surface area (Å²) in [6.45, 7) is 1.90. The molecule has 0 saturated heterocycles. The molecule has 2 rings (SSSR count). The second kappa shape index (κ2) is 4.00. The van der Waals surface area contributed by atoms with Crippen LogP contribution in [-0.2, 0) is 12.8 Å². The number of aryl methyl sites for hydroxylation is 3. The van der Waals surface area contributed by atoms with E-state index in [0.29, 0.717) is 0 Å². The molecule has 0 saturated carbocycles. The summed E-state index contributed by atoms with van der Waals surface area (Å²) in [7, 11) is 0. The second-order valence-electron chi connectivity index (χ2n) is 3.16. The monoisotopic (exact) mass is 188 g/mol. The Hall–Kier alpha value is -1.71. The van der Waals surface area contributed by atoms with Crippen LogP contribution >= 0.6 is 0 Å². The summed E-state index contributed by atoms with van der Waals surface area (Å²) in [6.07, 6.45) is 3.53. The van der Waals surface area contributed by atoms with E-state index in [4.69, 9.17) is 0 Å². The fourth-order valence-corrected chi connectivity index (χ4v) is 1.29. The molecule has 0 radical (unpaired) electrons. The van der Waals surface area contributed by atoms with Crippen LogP contribution in [-0.4, -0.2) is 20.2 Å². The van der Waals surface area contributed by atoms with E-state index in [1.807, 2.05) is 25.1 Å². The highest BCUT2D eigenvalue weighted by atomic mass is 15.2. The molecule has 0 amide bonds. The van der Waals surface area contributed by atoms with Gasteiger partial charge in [0.2, 0.25) is 0 Å². The standard InChI is InChI=1S/C10H12N4/c1-8-12-10(14-13-8)6-5-9-4-2-3-7-11-9/h2-4,7H,5-6H2,1H3,(H,12,13,14). The van der Waals surface area contributed by atoms with Crippen LogP contribution < -0.4 is 0 Å². The molecular formula is C10H12N4. The van der Waals surface area contributed by atoms with Gasteiger partial charge in [-0.3, -0.25) is 10.1 Å². The van der Waals surface area contributed by atoms with E-state index in [1.165, 1.54) is 0 Å².